The number of piperidine rings is 1. The number of aliphatic hydroxyl groups excluding tert-OH is 1. The Hall–Kier alpha value is -1.73. The van der Waals surface area contributed by atoms with E-state index in [9.17, 15) is 18.7 Å². The van der Waals surface area contributed by atoms with Crippen molar-refractivity contribution in [1.82, 2.24) is 4.90 Å². The molecule has 1 heterocycles. The van der Waals surface area contributed by atoms with Crippen molar-refractivity contribution in [3.8, 4) is 0 Å². The van der Waals surface area contributed by atoms with Crippen molar-refractivity contribution in [3.05, 3.63) is 29.8 Å². The van der Waals surface area contributed by atoms with Crippen LogP contribution in [0, 0.1) is 17.0 Å². The second kappa shape index (κ2) is 6.64. The monoisotopic (exact) mass is 340 g/mol. The number of carbonyl (C=O) groups excluding carboxylic acids is 1. The molecule has 1 aromatic carbocycles. The van der Waals surface area contributed by atoms with Crippen LogP contribution in [0.2, 0.25) is 0 Å². The maximum absolute atomic E-state index is 13.2. The van der Waals surface area contributed by atoms with Crippen LogP contribution in [0.4, 0.5) is 19.3 Å². The van der Waals surface area contributed by atoms with Crippen LogP contribution in [0.5, 0.6) is 0 Å². The van der Waals surface area contributed by atoms with E-state index in [1.165, 1.54) is 0 Å². The Bertz CT molecular complexity index is 596. The largest absolute Gasteiger partial charge is 0.392 e. The maximum Gasteiger partial charge on any atom is 0.321 e. The number of urea groups is 1. The van der Waals surface area contributed by atoms with Gasteiger partial charge >= 0.3 is 6.03 Å². The Morgan fingerprint density at radius 2 is 1.96 bits per heavy atom. The van der Waals surface area contributed by atoms with Gasteiger partial charge in [0.15, 0.2) is 0 Å². The number of likely N-dealkylation sites (tertiary alicyclic amines) is 1. The van der Waals surface area contributed by atoms with Crippen molar-refractivity contribution >= 4 is 11.7 Å². The Balaban J connectivity index is 1.59. The lowest BCUT2D eigenvalue weighted by Crippen LogP contribution is -2.63. The van der Waals surface area contributed by atoms with Crippen molar-refractivity contribution < 1.29 is 23.4 Å². The molecule has 2 aliphatic rings. The van der Waals surface area contributed by atoms with Crippen molar-refractivity contribution in [2.75, 3.05) is 25.0 Å². The number of amides is 2. The van der Waals surface area contributed by atoms with Gasteiger partial charge in [0.2, 0.25) is 0 Å². The fourth-order valence-corrected chi connectivity index (χ4v) is 3.77. The van der Waals surface area contributed by atoms with Gasteiger partial charge in [-0.1, -0.05) is 0 Å². The number of carbonyl (C=O) groups is 1. The highest BCUT2D eigenvalue weighted by molar-refractivity contribution is 5.89. The van der Waals surface area contributed by atoms with E-state index in [4.69, 9.17) is 4.74 Å². The van der Waals surface area contributed by atoms with Crippen LogP contribution < -0.4 is 5.32 Å². The Labute approximate surface area is 139 Å². The van der Waals surface area contributed by atoms with Gasteiger partial charge in [0.05, 0.1) is 12.2 Å². The summed E-state index contributed by atoms with van der Waals surface area (Å²) in [7, 11) is 0. The van der Waals surface area contributed by atoms with E-state index in [1.807, 2.05) is 6.92 Å². The Morgan fingerprint density at radius 3 is 2.50 bits per heavy atom. The highest BCUT2D eigenvalue weighted by atomic mass is 19.1. The van der Waals surface area contributed by atoms with Crippen LogP contribution in [0.25, 0.3) is 0 Å². The summed E-state index contributed by atoms with van der Waals surface area (Å²) in [6, 6.07) is 2.52. The molecule has 0 bridgehead atoms. The molecule has 2 atom stereocenters. The third kappa shape index (κ3) is 3.10. The summed E-state index contributed by atoms with van der Waals surface area (Å²) in [5, 5.41) is 12.7. The van der Waals surface area contributed by atoms with Gasteiger partial charge in [-0.2, -0.15) is 0 Å². The molecule has 1 spiro atoms. The zero-order chi connectivity index (χ0) is 17.3. The zero-order valence-corrected chi connectivity index (χ0v) is 13.6. The predicted molar refractivity (Wildman–Crippen MR) is 84.7 cm³/mol. The highest BCUT2D eigenvalue weighted by Gasteiger charge is 2.56. The zero-order valence-electron chi connectivity index (χ0n) is 13.6. The van der Waals surface area contributed by atoms with Gasteiger partial charge in [-0.3, -0.25) is 0 Å². The van der Waals surface area contributed by atoms with E-state index in [0.717, 1.165) is 18.2 Å². The van der Waals surface area contributed by atoms with E-state index in [-0.39, 0.29) is 17.2 Å². The summed E-state index contributed by atoms with van der Waals surface area (Å²) < 4.78 is 32.1. The van der Waals surface area contributed by atoms with Gasteiger partial charge in [0.1, 0.15) is 11.6 Å². The Kier molecular flexibility index (Phi) is 4.73. The quantitative estimate of drug-likeness (QED) is 0.889. The molecule has 1 aliphatic heterocycles. The summed E-state index contributed by atoms with van der Waals surface area (Å²) in [5.74, 6) is -1.47. The van der Waals surface area contributed by atoms with Gasteiger partial charge in [-0.25, -0.2) is 13.6 Å². The van der Waals surface area contributed by atoms with E-state index in [2.05, 4.69) is 5.32 Å². The molecule has 1 saturated heterocycles. The maximum atomic E-state index is 13.2. The summed E-state index contributed by atoms with van der Waals surface area (Å²) in [6.45, 7) is 3.49. The predicted octanol–water partition coefficient (Wildman–Crippen LogP) is 2.75. The smallest absolute Gasteiger partial charge is 0.321 e. The first-order chi connectivity index (χ1) is 11.4. The van der Waals surface area contributed by atoms with Gasteiger partial charge in [-0.05, 0) is 31.9 Å². The molecular weight excluding hydrogens is 318 g/mol. The molecule has 1 aromatic rings. The summed E-state index contributed by atoms with van der Waals surface area (Å²) in [4.78, 5) is 13.9. The fourth-order valence-electron chi connectivity index (χ4n) is 3.77. The summed E-state index contributed by atoms with van der Waals surface area (Å²) in [6.07, 6.45) is 1.60. The molecule has 1 saturated carbocycles. The molecular formula is C17H22F2N2O3. The highest BCUT2D eigenvalue weighted by Crippen LogP contribution is 2.50. The van der Waals surface area contributed by atoms with Crippen LogP contribution in [0.1, 0.15) is 26.2 Å². The number of halogens is 2. The minimum Gasteiger partial charge on any atom is -0.392 e. The molecule has 1 aliphatic carbocycles. The first-order valence-electron chi connectivity index (χ1n) is 8.26. The number of anilines is 1. The van der Waals surface area contributed by atoms with E-state index < -0.39 is 23.8 Å². The molecule has 2 fully saturated rings. The number of nitrogens with zero attached hydrogens (tertiary/aromatic N) is 1. The normalized spacial score (nSPS) is 25.4. The first kappa shape index (κ1) is 17.1. The van der Waals surface area contributed by atoms with E-state index in [0.29, 0.717) is 39.0 Å². The number of hydrogen-bond acceptors (Lipinski definition) is 3. The van der Waals surface area contributed by atoms with Crippen molar-refractivity contribution in [2.24, 2.45) is 5.41 Å². The standard InChI is InChI=1S/C17H22F2N2O3/c1-2-24-15-10-14(22)17(15)3-5-21(6-4-17)16(23)20-13-8-11(18)7-12(19)9-13/h7-9,14-15,22H,2-6,10H2,1H3,(H,20,23)/t14-,15-/m0/s1. The van der Waals surface area contributed by atoms with Crippen LogP contribution in [-0.4, -0.2) is 47.9 Å². The minimum atomic E-state index is -0.736. The molecule has 132 valence electrons. The fraction of sp³-hybridized carbons (Fsp3) is 0.588. The van der Waals surface area contributed by atoms with Gasteiger partial charge < -0.3 is 20.1 Å². The molecule has 0 unspecified atom stereocenters. The average molecular weight is 340 g/mol. The van der Waals surface area contributed by atoms with Crippen molar-refractivity contribution in [2.45, 2.75) is 38.4 Å². The third-order valence-electron chi connectivity index (χ3n) is 5.21. The number of hydrogen-bond donors (Lipinski definition) is 2. The molecule has 24 heavy (non-hydrogen) atoms. The lowest BCUT2D eigenvalue weighted by atomic mass is 9.58. The molecule has 7 heteroatoms. The lowest BCUT2D eigenvalue weighted by molar-refractivity contribution is -0.207. The molecule has 2 N–H and O–H groups in total. The Morgan fingerprint density at radius 1 is 1.33 bits per heavy atom. The number of rotatable bonds is 3. The SMILES string of the molecule is CCO[C@H]1C[C@H](O)C12CCN(C(=O)Nc1cc(F)cc(F)c1)CC2. The summed E-state index contributed by atoms with van der Waals surface area (Å²) >= 11 is 0. The molecule has 5 nitrogen and oxygen atoms in total. The molecule has 2 amide bonds. The molecule has 0 radical (unpaired) electrons. The van der Waals surface area contributed by atoms with Crippen LogP contribution in [-0.2, 0) is 4.74 Å². The lowest BCUT2D eigenvalue weighted by Gasteiger charge is -2.56. The van der Waals surface area contributed by atoms with Crippen LogP contribution in [0.3, 0.4) is 0 Å². The number of ether oxygens (including phenoxy) is 1. The number of aliphatic hydroxyl groups is 1. The van der Waals surface area contributed by atoms with E-state index in [1.54, 1.807) is 4.90 Å². The molecule has 0 aromatic heterocycles. The minimum absolute atomic E-state index is 0.0417. The van der Waals surface area contributed by atoms with Crippen LogP contribution >= 0.6 is 0 Å². The van der Waals surface area contributed by atoms with Crippen LogP contribution in [0.15, 0.2) is 18.2 Å². The topological polar surface area (TPSA) is 61.8 Å². The summed E-state index contributed by atoms with van der Waals surface area (Å²) in [5.41, 5.74) is -0.175. The van der Waals surface area contributed by atoms with Gasteiger partial charge in [0, 0.05) is 43.3 Å². The van der Waals surface area contributed by atoms with Crippen molar-refractivity contribution in [3.63, 3.8) is 0 Å². The number of nitrogens with one attached hydrogen (secondary N) is 1. The first-order valence-corrected chi connectivity index (χ1v) is 8.26. The van der Waals surface area contributed by atoms with Gasteiger partial charge in [0.25, 0.3) is 0 Å². The van der Waals surface area contributed by atoms with Gasteiger partial charge in [-0.15, -0.1) is 0 Å². The van der Waals surface area contributed by atoms with Crippen molar-refractivity contribution in [1.29, 1.82) is 0 Å². The third-order valence-corrected chi connectivity index (χ3v) is 5.21. The second-order valence-electron chi connectivity index (χ2n) is 6.50. The molecule has 3 rings (SSSR count). The average Bonchev–Trinajstić information content (AvgIpc) is 2.54. The van der Waals surface area contributed by atoms with E-state index >= 15 is 0 Å². The second-order valence-corrected chi connectivity index (χ2v) is 6.50. The number of benzene rings is 1.